The summed E-state index contributed by atoms with van der Waals surface area (Å²) in [5.41, 5.74) is -0.799. The van der Waals surface area contributed by atoms with Crippen LogP contribution < -0.4 is 4.74 Å². The van der Waals surface area contributed by atoms with Crippen molar-refractivity contribution in [2.24, 2.45) is 0 Å². The minimum atomic E-state index is -2.95. The molecule has 1 aliphatic heterocycles. The van der Waals surface area contributed by atoms with Gasteiger partial charge in [-0.15, -0.1) is 11.3 Å². The third-order valence-corrected chi connectivity index (χ3v) is 4.57. The van der Waals surface area contributed by atoms with Crippen molar-refractivity contribution < 1.29 is 23.4 Å². The van der Waals surface area contributed by atoms with E-state index in [1.54, 1.807) is 24.1 Å². The molecular formula is C15H22F2N2O3S. The lowest BCUT2D eigenvalue weighted by Gasteiger charge is -2.41. The second-order valence-corrected chi connectivity index (χ2v) is 7.29. The summed E-state index contributed by atoms with van der Waals surface area (Å²) in [4.78, 5) is 16.5. The highest BCUT2D eigenvalue weighted by molar-refractivity contribution is 7.12. The number of ether oxygens (including phenoxy) is 1. The fourth-order valence-corrected chi connectivity index (χ4v) is 3.49. The van der Waals surface area contributed by atoms with Crippen LogP contribution in [0, 0.1) is 0 Å². The predicted octanol–water partition coefficient (Wildman–Crippen LogP) is 2.27. The molecule has 1 fully saturated rings. The highest BCUT2D eigenvalue weighted by Crippen LogP contribution is 2.28. The van der Waals surface area contributed by atoms with Crippen molar-refractivity contribution in [3.05, 3.63) is 16.3 Å². The van der Waals surface area contributed by atoms with Crippen molar-refractivity contribution in [1.82, 2.24) is 9.80 Å². The van der Waals surface area contributed by atoms with E-state index < -0.39 is 12.2 Å². The van der Waals surface area contributed by atoms with Crippen LogP contribution in [0.5, 0.6) is 5.75 Å². The summed E-state index contributed by atoms with van der Waals surface area (Å²) in [5.74, 6) is -0.355. The van der Waals surface area contributed by atoms with Crippen molar-refractivity contribution in [2.75, 3.05) is 26.2 Å². The third-order valence-electron chi connectivity index (χ3n) is 3.68. The summed E-state index contributed by atoms with van der Waals surface area (Å²) in [6, 6.07) is 1.47. The molecule has 1 N–H and O–H groups in total. The zero-order valence-corrected chi connectivity index (χ0v) is 14.3. The number of nitrogens with zero attached hydrogens (tertiary/aromatic N) is 2. The monoisotopic (exact) mass is 348 g/mol. The molecule has 1 saturated heterocycles. The van der Waals surface area contributed by atoms with Crippen LogP contribution in [0.25, 0.3) is 0 Å². The lowest BCUT2D eigenvalue weighted by atomic mass is 10.1. The van der Waals surface area contributed by atoms with Gasteiger partial charge in [0.2, 0.25) is 0 Å². The molecule has 23 heavy (non-hydrogen) atoms. The molecule has 5 nitrogen and oxygen atoms in total. The van der Waals surface area contributed by atoms with Crippen LogP contribution in [-0.2, 0) is 0 Å². The van der Waals surface area contributed by atoms with Crippen LogP contribution in [0.2, 0.25) is 0 Å². The van der Waals surface area contributed by atoms with E-state index in [4.69, 9.17) is 0 Å². The number of piperazine rings is 1. The Kier molecular flexibility index (Phi) is 5.59. The molecule has 0 aliphatic carbocycles. The molecule has 1 atom stereocenters. The second-order valence-electron chi connectivity index (χ2n) is 6.38. The summed E-state index contributed by atoms with van der Waals surface area (Å²) in [5, 5.41) is 11.5. The van der Waals surface area contributed by atoms with E-state index in [0.717, 1.165) is 11.3 Å². The summed E-state index contributed by atoms with van der Waals surface area (Å²) in [7, 11) is 0. The first kappa shape index (κ1) is 18.1. The first-order valence-electron chi connectivity index (χ1n) is 7.45. The minimum Gasteiger partial charge on any atom is -0.433 e. The number of carbonyl (C=O) groups is 1. The van der Waals surface area contributed by atoms with Gasteiger partial charge >= 0.3 is 6.61 Å². The van der Waals surface area contributed by atoms with E-state index in [1.165, 1.54) is 6.07 Å². The molecule has 1 amide bonds. The molecule has 8 heteroatoms. The van der Waals surface area contributed by atoms with Crippen LogP contribution in [0.15, 0.2) is 11.4 Å². The molecule has 130 valence electrons. The normalized spacial score (nSPS) is 20.1. The number of β-amino-alcohol motifs (C(OH)–C–C–N with tert-alkyl or cyclic N) is 1. The molecule has 1 unspecified atom stereocenters. The highest BCUT2D eigenvalue weighted by Gasteiger charge is 2.31. The van der Waals surface area contributed by atoms with Gasteiger partial charge in [0.25, 0.3) is 5.91 Å². The number of aliphatic hydroxyl groups is 1. The van der Waals surface area contributed by atoms with Crippen molar-refractivity contribution >= 4 is 17.2 Å². The zero-order chi connectivity index (χ0) is 17.2. The molecule has 1 aromatic rings. The molecule has 2 rings (SSSR count). The van der Waals surface area contributed by atoms with E-state index in [-0.39, 0.29) is 22.6 Å². The van der Waals surface area contributed by atoms with E-state index in [9.17, 15) is 18.7 Å². The number of alkyl halides is 2. The average molecular weight is 348 g/mol. The maximum Gasteiger partial charge on any atom is 0.387 e. The molecule has 0 aromatic carbocycles. The SMILES string of the molecule is CC1CN(C(=O)c2sccc2OC(F)F)CCN1CC(C)(C)O. The standard InChI is InChI=1S/C15H22F2N2O3S/c1-10-8-18(5-6-19(10)9-15(2,3)21)13(20)12-11(4-7-23-12)22-14(16)17/h4,7,10,14,21H,5-6,8-9H2,1-3H3. The van der Waals surface area contributed by atoms with Crippen molar-refractivity contribution in [2.45, 2.75) is 39.0 Å². The highest BCUT2D eigenvalue weighted by atomic mass is 32.1. The van der Waals surface area contributed by atoms with Crippen LogP contribution in [-0.4, -0.2) is 65.2 Å². The van der Waals surface area contributed by atoms with Gasteiger partial charge in [0, 0.05) is 32.2 Å². The number of rotatable bonds is 5. The van der Waals surface area contributed by atoms with E-state index in [2.05, 4.69) is 9.64 Å². The minimum absolute atomic E-state index is 0.0680. The summed E-state index contributed by atoms with van der Waals surface area (Å²) >= 11 is 1.10. The van der Waals surface area contributed by atoms with Gasteiger partial charge in [0.05, 0.1) is 5.60 Å². The third kappa shape index (κ3) is 4.86. The second kappa shape index (κ2) is 7.11. The Hall–Kier alpha value is -1.25. The van der Waals surface area contributed by atoms with E-state index in [0.29, 0.717) is 26.2 Å². The van der Waals surface area contributed by atoms with Gasteiger partial charge in [-0.05, 0) is 32.2 Å². The number of hydrogen-bond acceptors (Lipinski definition) is 5. The van der Waals surface area contributed by atoms with Gasteiger partial charge in [-0.3, -0.25) is 9.69 Å². The van der Waals surface area contributed by atoms with E-state index >= 15 is 0 Å². The van der Waals surface area contributed by atoms with Gasteiger partial charge in [0.15, 0.2) is 0 Å². The van der Waals surface area contributed by atoms with Crippen LogP contribution >= 0.6 is 11.3 Å². The largest absolute Gasteiger partial charge is 0.433 e. The van der Waals surface area contributed by atoms with Crippen LogP contribution in [0.1, 0.15) is 30.4 Å². The quantitative estimate of drug-likeness (QED) is 0.887. The summed E-state index contributed by atoms with van der Waals surface area (Å²) in [6.45, 7) is 4.66. The average Bonchev–Trinajstić information content (AvgIpc) is 2.86. The molecule has 0 radical (unpaired) electrons. The van der Waals surface area contributed by atoms with Crippen molar-refractivity contribution in [3.8, 4) is 5.75 Å². The Morgan fingerprint density at radius 1 is 1.52 bits per heavy atom. The lowest BCUT2D eigenvalue weighted by Crippen LogP contribution is -2.56. The van der Waals surface area contributed by atoms with Gasteiger partial charge in [0.1, 0.15) is 10.6 Å². The Morgan fingerprint density at radius 3 is 2.78 bits per heavy atom. The smallest absolute Gasteiger partial charge is 0.387 e. The Morgan fingerprint density at radius 2 is 2.22 bits per heavy atom. The van der Waals surface area contributed by atoms with E-state index in [1.807, 2.05) is 6.92 Å². The molecule has 1 aliphatic rings. The number of halogens is 2. The Balaban J connectivity index is 2.02. The lowest BCUT2D eigenvalue weighted by molar-refractivity contribution is -0.0500. The molecule has 0 saturated carbocycles. The van der Waals surface area contributed by atoms with Gasteiger partial charge in [-0.2, -0.15) is 8.78 Å². The first-order chi connectivity index (χ1) is 10.7. The van der Waals surface area contributed by atoms with Gasteiger partial charge in [-0.1, -0.05) is 0 Å². The Labute approximate surface area is 138 Å². The molecule has 0 bridgehead atoms. The number of hydrogen-bond donors (Lipinski definition) is 1. The van der Waals surface area contributed by atoms with Crippen LogP contribution in [0.4, 0.5) is 8.78 Å². The fourth-order valence-electron chi connectivity index (χ4n) is 2.70. The molecule has 1 aromatic heterocycles. The summed E-state index contributed by atoms with van der Waals surface area (Å²) < 4.78 is 29.2. The topological polar surface area (TPSA) is 53.0 Å². The zero-order valence-electron chi connectivity index (χ0n) is 13.5. The van der Waals surface area contributed by atoms with Gasteiger partial charge in [-0.25, -0.2) is 0 Å². The number of amides is 1. The fraction of sp³-hybridized carbons (Fsp3) is 0.667. The summed E-state index contributed by atoms with van der Waals surface area (Å²) in [6.07, 6.45) is 0. The molecule has 2 heterocycles. The maximum atomic E-state index is 12.5. The van der Waals surface area contributed by atoms with Crippen molar-refractivity contribution in [3.63, 3.8) is 0 Å². The number of carbonyl (C=O) groups excluding carboxylic acids is 1. The first-order valence-corrected chi connectivity index (χ1v) is 8.33. The molecule has 0 spiro atoms. The molecular weight excluding hydrogens is 326 g/mol. The van der Waals surface area contributed by atoms with Crippen LogP contribution in [0.3, 0.4) is 0 Å². The Bertz CT molecular complexity index is 545. The predicted molar refractivity (Wildman–Crippen MR) is 84.2 cm³/mol. The van der Waals surface area contributed by atoms with Crippen molar-refractivity contribution in [1.29, 1.82) is 0 Å². The number of thiophene rings is 1. The van der Waals surface area contributed by atoms with Gasteiger partial charge < -0.3 is 14.7 Å². The maximum absolute atomic E-state index is 12.5.